The Labute approximate surface area is 91.4 Å². The normalized spacial score (nSPS) is 26.8. The summed E-state index contributed by atoms with van der Waals surface area (Å²) in [4.78, 5) is 0. The second-order valence-electron chi connectivity index (χ2n) is 4.13. The lowest BCUT2D eigenvalue weighted by atomic mass is 10.1. The Kier molecular flexibility index (Phi) is 2.58. The van der Waals surface area contributed by atoms with Gasteiger partial charge in [-0.05, 0) is 24.7 Å². The van der Waals surface area contributed by atoms with Gasteiger partial charge in [0, 0.05) is 28.5 Å². The highest BCUT2D eigenvalue weighted by Gasteiger charge is 2.42. The van der Waals surface area contributed by atoms with E-state index in [-0.39, 0.29) is 0 Å². The quantitative estimate of drug-likeness (QED) is 0.804. The van der Waals surface area contributed by atoms with Gasteiger partial charge in [-0.1, -0.05) is 13.8 Å². The van der Waals surface area contributed by atoms with Gasteiger partial charge in [0.05, 0.1) is 0 Å². The van der Waals surface area contributed by atoms with Crippen LogP contribution in [0.15, 0.2) is 4.42 Å². The summed E-state index contributed by atoms with van der Waals surface area (Å²) in [5, 5.41) is 7.87. The number of hydrogen-bond acceptors (Lipinski definition) is 3. The van der Waals surface area contributed by atoms with Gasteiger partial charge in [-0.3, -0.25) is 0 Å². The van der Waals surface area contributed by atoms with Crippen LogP contribution in [0.2, 0.25) is 0 Å². The molecule has 1 aromatic heterocycles. The van der Waals surface area contributed by atoms with Gasteiger partial charge >= 0.3 is 0 Å². The van der Waals surface area contributed by atoms with E-state index in [1.54, 1.807) is 0 Å². The number of rotatable bonds is 3. The van der Waals surface area contributed by atoms with Crippen molar-refractivity contribution in [2.45, 2.75) is 32.6 Å². The molecule has 1 aromatic rings. The second kappa shape index (κ2) is 3.55. The highest BCUT2D eigenvalue weighted by atomic mass is 127. The van der Waals surface area contributed by atoms with Gasteiger partial charge in [-0.25, -0.2) is 0 Å². The zero-order chi connectivity index (χ0) is 9.42. The lowest BCUT2D eigenvalue weighted by Crippen LogP contribution is -1.91. The standard InChI is InChI=1S/C9H13IN2O/c1-5(2)3-6-4-7(6)8-11-12-9(10)13-8/h5-7H,3-4H2,1-2H3/t6-,7-/m1/s1. The minimum absolute atomic E-state index is 0.554. The molecule has 0 bridgehead atoms. The molecular formula is C9H13IN2O. The van der Waals surface area contributed by atoms with Crippen molar-refractivity contribution < 1.29 is 4.42 Å². The average Bonchev–Trinajstić information content (AvgIpc) is 2.63. The van der Waals surface area contributed by atoms with Crippen molar-refractivity contribution in [2.75, 3.05) is 0 Å². The summed E-state index contributed by atoms with van der Waals surface area (Å²) in [6.07, 6.45) is 2.51. The maximum absolute atomic E-state index is 5.38. The predicted octanol–water partition coefficient (Wildman–Crippen LogP) is 2.82. The molecule has 0 aliphatic heterocycles. The highest BCUT2D eigenvalue weighted by Crippen LogP contribution is 2.50. The molecule has 2 atom stereocenters. The van der Waals surface area contributed by atoms with Gasteiger partial charge in [0.2, 0.25) is 5.89 Å². The van der Waals surface area contributed by atoms with Crippen molar-refractivity contribution in [3.8, 4) is 0 Å². The van der Waals surface area contributed by atoms with Crippen LogP contribution in [0.3, 0.4) is 0 Å². The van der Waals surface area contributed by atoms with E-state index in [1.165, 1.54) is 12.8 Å². The molecule has 72 valence electrons. The second-order valence-corrected chi connectivity index (χ2v) is 5.05. The molecule has 0 amide bonds. The van der Waals surface area contributed by atoms with Crippen LogP contribution in [-0.2, 0) is 0 Å². The van der Waals surface area contributed by atoms with E-state index in [9.17, 15) is 0 Å². The molecule has 1 aliphatic rings. The fraction of sp³-hybridized carbons (Fsp3) is 0.778. The zero-order valence-electron chi connectivity index (χ0n) is 7.83. The van der Waals surface area contributed by atoms with Crippen molar-refractivity contribution in [1.29, 1.82) is 0 Å². The first-order valence-corrected chi connectivity index (χ1v) is 5.73. The van der Waals surface area contributed by atoms with Gasteiger partial charge in [0.15, 0.2) is 0 Å². The van der Waals surface area contributed by atoms with Crippen molar-refractivity contribution in [2.24, 2.45) is 11.8 Å². The summed E-state index contributed by atoms with van der Waals surface area (Å²) in [6, 6.07) is 0. The van der Waals surface area contributed by atoms with Crippen LogP contribution >= 0.6 is 22.6 Å². The molecule has 0 saturated heterocycles. The SMILES string of the molecule is CC(C)C[C@@H]1C[C@H]1c1nnc(I)o1. The highest BCUT2D eigenvalue weighted by molar-refractivity contribution is 14.1. The molecule has 1 fully saturated rings. The molecule has 2 rings (SSSR count). The van der Waals surface area contributed by atoms with E-state index >= 15 is 0 Å². The van der Waals surface area contributed by atoms with Gasteiger partial charge in [-0.2, -0.15) is 0 Å². The number of nitrogens with zero attached hydrogens (tertiary/aromatic N) is 2. The monoisotopic (exact) mass is 292 g/mol. The minimum Gasteiger partial charge on any atom is -0.416 e. The van der Waals surface area contributed by atoms with Crippen LogP contribution < -0.4 is 0 Å². The van der Waals surface area contributed by atoms with Crippen LogP contribution in [0.4, 0.5) is 0 Å². The topological polar surface area (TPSA) is 38.9 Å². The largest absolute Gasteiger partial charge is 0.416 e. The van der Waals surface area contributed by atoms with Crippen molar-refractivity contribution in [1.82, 2.24) is 10.2 Å². The van der Waals surface area contributed by atoms with Crippen LogP contribution in [-0.4, -0.2) is 10.2 Å². The molecule has 13 heavy (non-hydrogen) atoms. The molecule has 1 saturated carbocycles. The minimum atomic E-state index is 0.554. The summed E-state index contributed by atoms with van der Waals surface area (Å²) >= 11 is 2.05. The fourth-order valence-electron chi connectivity index (χ4n) is 1.78. The number of hydrogen-bond donors (Lipinski definition) is 0. The molecule has 0 radical (unpaired) electrons. The molecule has 0 aromatic carbocycles. The third kappa shape index (κ3) is 2.21. The van der Waals surface area contributed by atoms with Crippen LogP contribution in [0.1, 0.15) is 38.5 Å². The molecule has 0 unspecified atom stereocenters. The molecule has 0 spiro atoms. The van der Waals surface area contributed by atoms with E-state index in [1.807, 2.05) is 0 Å². The van der Waals surface area contributed by atoms with Crippen molar-refractivity contribution in [3.05, 3.63) is 9.79 Å². The third-order valence-electron chi connectivity index (χ3n) is 2.43. The van der Waals surface area contributed by atoms with Gasteiger partial charge in [0.1, 0.15) is 0 Å². The summed E-state index contributed by atoms with van der Waals surface area (Å²) in [7, 11) is 0. The first kappa shape index (κ1) is 9.43. The van der Waals surface area contributed by atoms with Crippen LogP contribution in [0.5, 0.6) is 0 Å². The molecule has 0 N–H and O–H groups in total. The van der Waals surface area contributed by atoms with Crippen LogP contribution in [0.25, 0.3) is 0 Å². The van der Waals surface area contributed by atoms with E-state index < -0.39 is 0 Å². The Morgan fingerprint density at radius 2 is 2.31 bits per heavy atom. The van der Waals surface area contributed by atoms with E-state index in [4.69, 9.17) is 4.42 Å². The fourth-order valence-corrected chi connectivity index (χ4v) is 2.12. The first-order valence-electron chi connectivity index (χ1n) is 4.65. The first-order chi connectivity index (χ1) is 6.16. The summed E-state index contributed by atoms with van der Waals surface area (Å²) in [6.45, 7) is 4.51. The van der Waals surface area contributed by atoms with E-state index in [0.717, 1.165) is 17.7 Å². The maximum Gasteiger partial charge on any atom is 0.278 e. The zero-order valence-corrected chi connectivity index (χ0v) is 9.98. The lowest BCUT2D eigenvalue weighted by molar-refractivity contribution is 0.450. The maximum atomic E-state index is 5.38. The molecule has 3 nitrogen and oxygen atoms in total. The van der Waals surface area contributed by atoms with Gasteiger partial charge < -0.3 is 4.42 Å². The number of halogens is 1. The van der Waals surface area contributed by atoms with E-state index in [0.29, 0.717) is 9.82 Å². The van der Waals surface area contributed by atoms with Gasteiger partial charge in [0.25, 0.3) is 3.90 Å². The van der Waals surface area contributed by atoms with Crippen LogP contribution in [0, 0.1) is 15.7 Å². The lowest BCUT2D eigenvalue weighted by Gasteiger charge is -2.00. The average molecular weight is 292 g/mol. The molecule has 1 aliphatic carbocycles. The van der Waals surface area contributed by atoms with Crippen molar-refractivity contribution >= 4 is 22.6 Å². The van der Waals surface area contributed by atoms with E-state index in [2.05, 4.69) is 46.6 Å². The molecular weight excluding hydrogens is 279 g/mol. The summed E-state index contributed by atoms with van der Waals surface area (Å²) in [5.74, 6) is 2.96. The molecule has 1 heterocycles. The summed E-state index contributed by atoms with van der Waals surface area (Å²) < 4.78 is 6.04. The Morgan fingerprint density at radius 1 is 1.54 bits per heavy atom. The molecule has 4 heteroatoms. The Balaban J connectivity index is 1.92. The Bertz CT molecular complexity index is 298. The van der Waals surface area contributed by atoms with Crippen molar-refractivity contribution in [3.63, 3.8) is 0 Å². The predicted molar refractivity (Wildman–Crippen MR) is 57.3 cm³/mol. The Hall–Kier alpha value is -0.130. The third-order valence-corrected chi connectivity index (χ3v) is 2.87. The van der Waals surface area contributed by atoms with Gasteiger partial charge in [-0.15, -0.1) is 10.2 Å². The summed E-state index contributed by atoms with van der Waals surface area (Å²) in [5.41, 5.74) is 0. The smallest absolute Gasteiger partial charge is 0.278 e. The Morgan fingerprint density at radius 3 is 2.85 bits per heavy atom. The number of aromatic nitrogens is 2.